The molecule has 0 aliphatic heterocycles. The molecular formula is C21H19FO5S. The van der Waals surface area contributed by atoms with Crippen molar-refractivity contribution in [1.82, 2.24) is 0 Å². The molecule has 0 spiro atoms. The molecule has 5 nitrogen and oxygen atoms in total. The Morgan fingerprint density at radius 3 is 2.39 bits per heavy atom. The second-order valence-corrected chi connectivity index (χ2v) is 8.49. The van der Waals surface area contributed by atoms with Crippen LogP contribution in [0.1, 0.15) is 19.4 Å². The van der Waals surface area contributed by atoms with Gasteiger partial charge >= 0.3 is 5.97 Å². The van der Waals surface area contributed by atoms with E-state index < -0.39 is 21.6 Å². The van der Waals surface area contributed by atoms with Gasteiger partial charge in [-0.25, -0.2) is 12.8 Å². The van der Waals surface area contributed by atoms with Crippen LogP contribution in [-0.2, 0) is 26.0 Å². The van der Waals surface area contributed by atoms with Gasteiger partial charge in [-0.05, 0) is 59.5 Å². The molecule has 0 radical (unpaired) electrons. The minimum atomic E-state index is -3.30. The van der Waals surface area contributed by atoms with E-state index in [1.807, 2.05) is 0 Å². The number of benzene rings is 3. The van der Waals surface area contributed by atoms with Gasteiger partial charge in [0.25, 0.3) is 0 Å². The van der Waals surface area contributed by atoms with E-state index in [1.54, 1.807) is 37.3 Å². The number of fused-ring (bicyclic) bond motifs is 1. The summed E-state index contributed by atoms with van der Waals surface area (Å²) in [5.74, 6) is -0.0191. The van der Waals surface area contributed by atoms with Gasteiger partial charge in [-0.2, -0.15) is 0 Å². The molecule has 7 heteroatoms. The summed E-state index contributed by atoms with van der Waals surface area (Å²) in [7, 11) is -3.30. The fourth-order valence-electron chi connectivity index (χ4n) is 2.72. The molecule has 0 unspecified atom stereocenters. The first-order chi connectivity index (χ1) is 13.3. The van der Waals surface area contributed by atoms with Crippen molar-refractivity contribution in [3.8, 4) is 11.5 Å². The number of halogens is 1. The predicted molar refractivity (Wildman–Crippen MR) is 104 cm³/mol. The van der Waals surface area contributed by atoms with Crippen LogP contribution in [-0.4, -0.2) is 20.1 Å². The molecule has 0 atom stereocenters. The molecule has 0 bridgehead atoms. The van der Waals surface area contributed by atoms with Crippen LogP contribution < -0.4 is 4.74 Å². The van der Waals surface area contributed by atoms with Crippen molar-refractivity contribution >= 4 is 26.6 Å². The van der Waals surface area contributed by atoms with Crippen molar-refractivity contribution < 1.29 is 27.1 Å². The van der Waals surface area contributed by atoms with Crippen molar-refractivity contribution in [3.63, 3.8) is 0 Å². The summed E-state index contributed by atoms with van der Waals surface area (Å²) in [5.41, 5.74) is 0.689. The average Bonchev–Trinajstić information content (AvgIpc) is 2.67. The first-order valence-electron chi connectivity index (χ1n) is 8.65. The SMILES string of the molecule is CCS(=O)(=O)c1ccc(Oc2cc(COC(C)=O)cc3ccc(F)cc23)cc1. The highest BCUT2D eigenvalue weighted by atomic mass is 32.2. The molecule has 3 aromatic carbocycles. The van der Waals surface area contributed by atoms with Crippen LogP contribution in [0.25, 0.3) is 10.8 Å². The maximum Gasteiger partial charge on any atom is 0.302 e. The summed E-state index contributed by atoms with van der Waals surface area (Å²) in [6.07, 6.45) is 0. The molecule has 0 saturated carbocycles. The van der Waals surface area contributed by atoms with E-state index in [0.29, 0.717) is 22.4 Å². The predicted octanol–water partition coefficient (Wildman–Crippen LogP) is 4.63. The second-order valence-electron chi connectivity index (χ2n) is 6.22. The average molecular weight is 402 g/mol. The van der Waals surface area contributed by atoms with Gasteiger partial charge < -0.3 is 9.47 Å². The van der Waals surface area contributed by atoms with Crippen molar-refractivity contribution in [2.75, 3.05) is 5.75 Å². The molecule has 0 fully saturated rings. The molecule has 0 saturated heterocycles. The first-order valence-corrected chi connectivity index (χ1v) is 10.3. The minimum Gasteiger partial charge on any atom is -0.461 e. The number of hydrogen-bond acceptors (Lipinski definition) is 5. The standard InChI is InChI=1S/C21H19FO5S/c1-3-28(24,25)19-8-6-18(7-9-19)27-21-11-15(13-26-14(2)23)10-16-4-5-17(22)12-20(16)21/h4-12H,3,13H2,1-2H3. The number of ether oxygens (including phenoxy) is 2. The smallest absolute Gasteiger partial charge is 0.302 e. The second kappa shape index (κ2) is 7.98. The Hall–Kier alpha value is -2.93. The Morgan fingerprint density at radius 2 is 1.75 bits per heavy atom. The van der Waals surface area contributed by atoms with E-state index in [2.05, 4.69) is 0 Å². The summed E-state index contributed by atoms with van der Waals surface area (Å²) in [4.78, 5) is 11.3. The molecule has 0 heterocycles. The van der Waals surface area contributed by atoms with Gasteiger partial charge in [0.05, 0.1) is 10.6 Å². The third-order valence-corrected chi connectivity index (χ3v) is 5.92. The normalized spacial score (nSPS) is 11.4. The van der Waals surface area contributed by atoms with Crippen LogP contribution in [0.4, 0.5) is 4.39 Å². The van der Waals surface area contributed by atoms with E-state index in [4.69, 9.17) is 9.47 Å². The Labute approximate surface area is 162 Å². The van der Waals surface area contributed by atoms with Crippen LogP contribution in [0.15, 0.2) is 59.5 Å². The number of hydrogen-bond donors (Lipinski definition) is 0. The van der Waals surface area contributed by atoms with E-state index in [9.17, 15) is 17.6 Å². The van der Waals surface area contributed by atoms with E-state index in [-0.39, 0.29) is 17.3 Å². The third kappa shape index (κ3) is 4.48. The Balaban J connectivity index is 1.98. The maximum absolute atomic E-state index is 13.7. The molecule has 3 rings (SSSR count). The summed E-state index contributed by atoms with van der Waals surface area (Å²) in [5, 5.41) is 1.28. The number of esters is 1. The first kappa shape index (κ1) is 19.8. The fraction of sp³-hybridized carbons (Fsp3) is 0.190. The lowest BCUT2D eigenvalue weighted by molar-refractivity contribution is -0.142. The highest BCUT2D eigenvalue weighted by Gasteiger charge is 2.13. The van der Waals surface area contributed by atoms with Crippen LogP contribution in [0.2, 0.25) is 0 Å². The minimum absolute atomic E-state index is 0.00924. The van der Waals surface area contributed by atoms with Crippen molar-refractivity contribution in [2.45, 2.75) is 25.3 Å². The van der Waals surface area contributed by atoms with Crippen LogP contribution in [0, 0.1) is 5.82 Å². The zero-order valence-corrected chi connectivity index (χ0v) is 16.3. The molecule has 0 aliphatic carbocycles. The maximum atomic E-state index is 13.7. The van der Waals surface area contributed by atoms with E-state index in [1.165, 1.54) is 31.2 Å². The molecule has 146 valence electrons. The molecular weight excluding hydrogens is 383 g/mol. The Morgan fingerprint density at radius 1 is 1.04 bits per heavy atom. The summed E-state index contributed by atoms with van der Waals surface area (Å²) in [6, 6.07) is 13.8. The third-order valence-electron chi connectivity index (χ3n) is 4.17. The summed E-state index contributed by atoms with van der Waals surface area (Å²) in [6.45, 7) is 2.96. The zero-order valence-electron chi connectivity index (χ0n) is 15.4. The highest BCUT2D eigenvalue weighted by molar-refractivity contribution is 7.91. The fourth-order valence-corrected chi connectivity index (χ4v) is 3.60. The van der Waals surface area contributed by atoms with Crippen LogP contribution >= 0.6 is 0 Å². The summed E-state index contributed by atoms with van der Waals surface area (Å²) >= 11 is 0. The zero-order chi connectivity index (χ0) is 20.3. The molecule has 0 aliphatic rings. The number of carbonyl (C=O) groups is 1. The lowest BCUT2D eigenvalue weighted by atomic mass is 10.1. The molecule has 3 aromatic rings. The van der Waals surface area contributed by atoms with Gasteiger partial charge in [0.15, 0.2) is 9.84 Å². The lowest BCUT2D eigenvalue weighted by Gasteiger charge is -2.12. The molecule has 0 amide bonds. The van der Waals surface area contributed by atoms with Crippen LogP contribution in [0.3, 0.4) is 0 Å². The van der Waals surface area contributed by atoms with Crippen molar-refractivity contribution in [2.24, 2.45) is 0 Å². The monoisotopic (exact) mass is 402 g/mol. The van der Waals surface area contributed by atoms with Gasteiger partial charge in [0.2, 0.25) is 0 Å². The quantitative estimate of drug-likeness (QED) is 0.563. The largest absolute Gasteiger partial charge is 0.461 e. The topological polar surface area (TPSA) is 69.7 Å². The van der Waals surface area contributed by atoms with Crippen molar-refractivity contribution in [3.05, 3.63) is 66.0 Å². The number of rotatable bonds is 6. The Kier molecular flexibility index (Phi) is 5.65. The molecule has 28 heavy (non-hydrogen) atoms. The Bertz CT molecular complexity index is 1120. The molecule has 0 aromatic heterocycles. The van der Waals surface area contributed by atoms with E-state index in [0.717, 1.165) is 5.39 Å². The van der Waals surface area contributed by atoms with Crippen molar-refractivity contribution in [1.29, 1.82) is 0 Å². The number of sulfone groups is 1. The lowest BCUT2D eigenvalue weighted by Crippen LogP contribution is -2.03. The van der Waals surface area contributed by atoms with Gasteiger partial charge in [0, 0.05) is 12.3 Å². The molecule has 0 N–H and O–H groups in total. The van der Waals surface area contributed by atoms with Gasteiger partial charge in [-0.15, -0.1) is 0 Å². The summed E-state index contributed by atoms with van der Waals surface area (Å²) < 4.78 is 48.5. The van der Waals surface area contributed by atoms with Gasteiger partial charge in [-0.1, -0.05) is 13.0 Å². The highest BCUT2D eigenvalue weighted by Crippen LogP contribution is 2.33. The van der Waals surface area contributed by atoms with Gasteiger partial charge in [-0.3, -0.25) is 4.79 Å². The number of carbonyl (C=O) groups excluding carboxylic acids is 1. The van der Waals surface area contributed by atoms with E-state index >= 15 is 0 Å². The van der Waals surface area contributed by atoms with Gasteiger partial charge in [0.1, 0.15) is 23.9 Å². The van der Waals surface area contributed by atoms with Crippen LogP contribution in [0.5, 0.6) is 11.5 Å².